The molecule has 0 saturated carbocycles. The monoisotopic (exact) mass is 271 g/mol. The molecule has 3 nitrogen and oxygen atoms in total. The third-order valence-corrected chi connectivity index (χ3v) is 2.42. The van der Waals surface area contributed by atoms with Crippen LogP contribution >= 0.6 is 0 Å². The molecule has 0 radical (unpaired) electrons. The molecule has 0 aliphatic heterocycles. The average molecular weight is 271 g/mol. The van der Waals surface area contributed by atoms with E-state index in [2.05, 4.69) is 10.3 Å². The number of rotatable bonds is 3. The lowest BCUT2D eigenvalue weighted by Crippen LogP contribution is -2.08. The highest BCUT2D eigenvalue weighted by Gasteiger charge is 2.10. The molecule has 0 fully saturated rings. The maximum Gasteiger partial charge on any atom is 0.168 e. The summed E-state index contributed by atoms with van der Waals surface area (Å²) in [5.74, 6) is -4.18. The zero-order chi connectivity index (χ0) is 14.0. The van der Waals surface area contributed by atoms with Gasteiger partial charge in [-0.2, -0.15) is 0 Å². The molecule has 0 aliphatic rings. The van der Waals surface area contributed by atoms with E-state index in [1.165, 1.54) is 6.07 Å². The van der Waals surface area contributed by atoms with Crippen molar-refractivity contribution in [3.63, 3.8) is 0 Å². The Morgan fingerprint density at radius 1 is 1.00 bits per heavy atom. The molecule has 7 heteroatoms. The van der Waals surface area contributed by atoms with Crippen LogP contribution in [0.25, 0.3) is 0 Å². The van der Waals surface area contributed by atoms with Crippen LogP contribution in [0.2, 0.25) is 0 Å². The Bertz CT molecular complexity index is 616. The summed E-state index contributed by atoms with van der Waals surface area (Å²) in [7, 11) is 0. The number of nitrogens with one attached hydrogen (secondary N) is 1. The maximum atomic E-state index is 13.3. The first-order valence-corrected chi connectivity index (χ1v) is 5.26. The number of nitrogen functional groups attached to an aromatic ring is 1. The van der Waals surface area contributed by atoms with Crippen LogP contribution in [0.5, 0.6) is 0 Å². The van der Waals surface area contributed by atoms with Crippen molar-refractivity contribution in [2.75, 3.05) is 11.1 Å². The third-order valence-electron chi connectivity index (χ3n) is 2.42. The second kappa shape index (κ2) is 5.13. The first kappa shape index (κ1) is 13.1. The molecular weight excluding hydrogens is 262 g/mol. The number of nitrogens with zero attached hydrogens (tertiary/aromatic N) is 1. The van der Waals surface area contributed by atoms with Gasteiger partial charge in [0.1, 0.15) is 11.6 Å². The van der Waals surface area contributed by atoms with Gasteiger partial charge in [-0.15, -0.1) is 0 Å². The molecule has 0 bridgehead atoms. The molecule has 0 spiro atoms. The Morgan fingerprint density at radius 2 is 1.74 bits per heavy atom. The van der Waals surface area contributed by atoms with E-state index in [0.29, 0.717) is 12.1 Å². The van der Waals surface area contributed by atoms with Gasteiger partial charge in [0.2, 0.25) is 0 Å². The van der Waals surface area contributed by atoms with Gasteiger partial charge in [-0.05, 0) is 6.07 Å². The van der Waals surface area contributed by atoms with Crippen LogP contribution in [0.1, 0.15) is 5.56 Å². The fourth-order valence-corrected chi connectivity index (χ4v) is 1.45. The van der Waals surface area contributed by atoms with Crippen LogP contribution in [0, 0.1) is 23.3 Å². The second-order valence-corrected chi connectivity index (χ2v) is 3.78. The van der Waals surface area contributed by atoms with Crippen molar-refractivity contribution in [3.05, 3.63) is 53.1 Å². The van der Waals surface area contributed by atoms with Crippen molar-refractivity contribution in [1.82, 2.24) is 4.98 Å². The van der Waals surface area contributed by atoms with Gasteiger partial charge in [-0.1, -0.05) is 6.07 Å². The van der Waals surface area contributed by atoms with Gasteiger partial charge < -0.3 is 11.1 Å². The molecule has 0 aliphatic carbocycles. The van der Waals surface area contributed by atoms with Crippen molar-refractivity contribution in [2.24, 2.45) is 0 Å². The van der Waals surface area contributed by atoms with Crippen molar-refractivity contribution in [3.8, 4) is 0 Å². The van der Waals surface area contributed by atoms with Gasteiger partial charge >= 0.3 is 0 Å². The number of aromatic nitrogens is 1. The summed E-state index contributed by atoms with van der Waals surface area (Å²) >= 11 is 0. The molecule has 0 unspecified atom stereocenters. The Kier molecular flexibility index (Phi) is 3.55. The minimum atomic E-state index is -0.976. The molecule has 0 atom stereocenters. The summed E-state index contributed by atoms with van der Waals surface area (Å²) in [5.41, 5.74) is 5.31. The highest BCUT2D eigenvalue weighted by Crippen LogP contribution is 2.18. The number of hydrogen-bond donors (Lipinski definition) is 2. The van der Waals surface area contributed by atoms with Crippen LogP contribution in [-0.2, 0) is 6.54 Å². The minimum absolute atomic E-state index is 0.116. The summed E-state index contributed by atoms with van der Waals surface area (Å²) in [6.07, 6.45) is 0. The summed E-state index contributed by atoms with van der Waals surface area (Å²) in [6.45, 7) is -0.138. The Hall–Kier alpha value is -2.31. The minimum Gasteiger partial charge on any atom is -0.381 e. The maximum absolute atomic E-state index is 13.3. The van der Waals surface area contributed by atoms with Gasteiger partial charge in [0, 0.05) is 24.2 Å². The molecule has 2 aromatic rings. The molecule has 19 heavy (non-hydrogen) atoms. The van der Waals surface area contributed by atoms with E-state index in [-0.39, 0.29) is 17.9 Å². The number of benzene rings is 1. The zero-order valence-electron chi connectivity index (χ0n) is 9.55. The summed E-state index contributed by atoms with van der Waals surface area (Å²) in [4.78, 5) is 3.45. The Balaban J connectivity index is 2.16. The summed E-state index contributed by atoms with van der Waals surface area (Å²) in [5, 5.41) is 2.46. The fraction of sp³-hybridized carbons (Fsp3) is 0.0833. The average Bonchev–Trinajstić information content (AvgIpc) is 2.34. The molecule has 1 aromatic heterocycles. The molecule has 3 N–H and O–H groups in total. The summed E-state index contributed by atoms with van der Waals surface area (Å²) < 4.78 is 52.2. The first-order valence-electron chi connectivity index (χ1n) is 5.26. The summed E-state index contributed by atoms with van der Waals surface area (Å²) in [6, 6.07) is 3.57. The van der Waals surface area contributed by atoms with Crippen LogP contribution < -0.4 is 11.1 Å². The van der Waals surface area contributed by atoms with Crippen molar-refractivity contribution >= 4 is 11.6 Å². The Morgan fingerprint density at radius 3 is 2.42 bits per heavy atom. The van der Waals surface area contributed by atoms with Crippen molar-refractivity contribution in [1.29, 1.82) is 0 Å². The number of pyridine rings is 1. The topological polar surface area (TPSA) is 50.9 Å². The van der Waals surface area contributed by atoms with Crippen LogP contribution in [0.4, 0.5) is 29.2 Å². The molecule has 1 heterocycles. The van der Waals surface area contributed by atoms with E-state index in [4.69, 9.17) is 5.73 Å². The predicted octanol–water partition coefficient (Wildman–Crippen LogP) is 2.83. The smallest absolute Gasteiger partial charge is 0.168 e. The lowest BCUT2D eigenvalue weighted by Gasteiger charge is -2.08. The van der Waals surface area contributed by atoms with Crippen LogP contribution in [0.15, 0.2) is 24.3 Å². The van der Waals surface area contributed by atoms with Gasteiger partial charge in [0.25, 0.3) is 0 Å². The van der Waals surface area contributed by atoms with E-state index in [0.717, 1.165) is 6.07 Å². The standard InChI is InChI=1S/C12H9F4N3/c13-7-2-1-6(8(14)3-7)5-18-12-10(16)4-9(15)11(17)19-12/h1-4H,5H2,(H3,17,18,19). The van der Waals surface area contributed by atoms with Gasteiger partial charge in [-0.25, -0.2) is 22.5 Å². The van der Waals surface area contributed by atoms with E-state index in [1.807, 2.05) is 0 Å². The molecule has 0 saturated heterocycles. The normalized spacial score (nSPS) is 10.5. The first-order chi connectivity index (χ1) is 8.97. The molecule has 1 aromatic carbocycles. The van der Waals surface area contributed by atoms with Crippen LogP contribution in [-0.4, -0.2) is 4.98 Å². The number of nitrogens with two attached hydrogens (primary N) is 1. The van der Waals surface area contributed by atoms with E-state index in [9.17, 15) is 17.6 Å². The van der Waals surface area contributed by atoms with Crippen molar-refractivity contribution in [2.45, 2.75) is 6.54 Å². The lowest BCUT2D eigenvalue weighted by atomic mass is 10.2. The zero-order valence-corrected chi connectivity index (χ0v) is 9.55. The predicted molar refractivity (Wildman–Crippen MR) is 62.3 cm³/mol. The largest absolute Gasteiger partial charge is 0.381 e. The van der Waals surface area contributed by atoms with Gasteiger partial charge in [-0.3, -0.25) is 0 Å². The Labute approximate surface area is 106 Å². The van der Waals surface area contributed by atoms with Crippen LogP contribution in [0.3, 0.4) is 0 Å². The number of hydrogen-bond acceptors (Lipinski definition) is 3. The van der Waals surface area contributed by atoms with E-state index < -0.39 is 29.1 Å². The highest BCUT2D eigenvalue weighted by atomic mass is 19.1. The second-order valence-electron chi connectivity index (χ2n) is 3.78. The fourth-order valence-electron chi connectivity index (χ4n) is 1.45. The molecule has 2 rings (SSSR count). The quantitative estimate of drug-likeness (QED) is 0.844. The van der Waals surface area contributed by atoms with Crippen molar-refractivity contribution < 1.29 is 17.6 Å². The third kappa shape index (κ3) is 2.93. The highest BCUT2D eigenvalue weighted by molar-refractivity contribution is 5.45. The molecule has 0 amide bonds. The number of halogens is 4. The van der Waals surface area contributed by atoms with E-state index in [1.54, 1.807) is 0 Å². The van der Waals surface area contributed by atoms with Gasteiger partial charge in [0.15, 0.2) is 23.3 Å². The number of anilines is 2. The lowest BCUT2D eigenvalue weighted by molar-refractivity contribution is 0.570. The molecule has 100 valence electrons. The van der Waals surface area contributed by atoms with E-state index >= 15 is 0 Å². The SMILES string of the molecule is Nc1nc(NCc2ccc(F)cc2F)c(F)cc1F. The van der Waals surface area contributed by atoms with Gasteiger partial charge in [0.05, 0.1) is 0 Å². The molecular formula is C12H9F4N3.